The van der Waals surface area contributed by atoms with Gasteiger partial charge in [0, 0.05) is 27.9 Å². The van der Waals surface area contributed by atoms with Crippen molar-refractivity contribution in [2.24, 2.45) is 0 Å². The molecule has 0 radical (unpaired) electrons. The van der Waals surface area contributed by atoms with Gasteiger partial charge in [-0.05, 0) is 61.0 Å². The van der Waals surface area contributed by atoms with Crippen LogP contribution >= 0.6 is 15.9 Å². The number of halogens is 1. The molecule has 154 valence electrons. The van der Waals surface area contributed by atoms with Gasteiger partial charge in [-0.25, -0.2) is 0 Å². The van der Waals surface area contributed by atoms with Crippen molar-refractivity contribution in [2.75, 3.05) is 5.32 Å². The molecule has 0 aliphatic rings. The van der Waals surface area contributed by atoms with Crippen molar-refractivity contribution in [3.8, 4) is 5.75 Å². The Kier molecular flexibility index (Phi) is 6.18. The van der Waals surface area contributed by atoms with Crippen LogP contribution in [-0.2, 0) is 10.1 Å². The van der Waals surface area contributed by atoms with Crippen LogP contribution in [0.25, 0.3) is 0 Å². The van der Waals surface area contributed by atoms with Crippen molar-refractivity contribution in [1.82, 2.24) is 0 Å². The first-order valence-electron chi connectivity index (χ1n) is 8.52. The lowest BCUT2D eigenvalue weighted by molar-refractivity contribution is -0.385. The average Bonchev–Trinajstić information content (AvgIpc) is 2.71. The third kappa shape index (κ3) is 5.02. The van der Waals surface area contributed by atoms with Gasteiger partial charge in [0.05, 0.1) is 4.92 Å². The Morgan fingerprint density at radius 1 is 1.07 bits per heavy atom. The summed E-state index contributed by atoms with van der Waals surface area (Å²) >= 11 is 3.39. The first-order chi connectivity index (χ1) is 14.2. The number of amides is 1. The molecule has 1 N–H and O–H groups in total. The number of nitrogens with one attached hydrogen (secondary N) is 1. The molecule has 0 unspecified atom stereocenters. The van der Waals surface area contributed by atoms with Gasteiger partial charge in [0.2, 0.25) is 0 Å². The number of nitrogens with zero attached hydrogens (tertiary/aromatic N) is 1. The number of non-ortho nitro benzene ring substituents is 1. The molecule has 8 nitrogen and oxygen atoms in total. The molecule has 0 spiro atoms. The maximum atomic E-state index is 12.4. The topological polar surface area (TPSA) is 116 Å². The fourth-order valence-corrected chi connectivity index (χ4v) is 3.73. The van der Waals surface area contributed by atoms with E-state index in [0.717, 1.165) is 16.1 Å². The number of nitro benzene ring substituents is 1. The maximum Gasteiger partial charge on any atom is 0.339 e. The van der Waals surface area contributed by atoms with E-state index in [1.807, 2.05) is 19.1 Å². The van der Waals surface area contributed by atoms with Crippen molar-refractivity contribution in [1.29, 1.82) is 0 Å². The zero-order valence-corrected chi connectivity index (χ0v) is 17.9. The van der Waals surface area contributed by atoms with Gasteiger partial charge in [-0.2, -0.15) is 8.42 Å². The molecule has 0 atom stereocenters. The molecule has 1 amide bonds. The molecular formula is C20H15BrN2O6S. The third-order valence-corrected chi connectivity index (χ3v) is 6.19. The van der Waals surface area contributed by atoms with Crippen LogP contribution in [0.15, 0.2) is 76.1 Å². The average molecular weight is 491 g/mol. The molecule has 30 heavy (non-hydrogen) atoms. The molecule has 0 saturated carbocycles. The molecule has 3 aromatic carbocycles. The zero-order chi connectivity index (χ0) is 21.9. The molecule has 10 heteroatoms. The number of anilines is 1. The second kappa shape index (κ2) is 8.64. The minimum absolute atomic E-state index is 0.0301. The molecule has 0 heterocycles. The molecule has 0 aliphatic carbocycles. The van der Waals surface area contributed by atoms with E-state index < -0.39 is 15.0 Å². The van der Waals surface area contributed by atoms with E-state index >= 15 is 0 Å². The first-order valence-corrected chi connectivity index (χ1v) is 10.7. The van der Waals surface area contributed by atoms with Gasteiger partial charge in [0.25, 0.3) is 11.6 Å². The molecule has 0 fully saturated rings. The highest BCUT2D eigenvalue weighted by molar-refractivity contribution is 9.10. The molecular weight excluding hydrogens is 476 g/mol. The highest BCUT2D eigenvalue weighted by Crippen LogP contribution is 2.23. The lowest BCUT2D eigenvalue weighted by Gasteiger charge is -2.09. The number of rotatable bonds is 6. The monoisotopic (exact) mass is 490 g/mol. The summed E-state index contributed by atoms with van der Waals surface area (Å²) in [5.74, 6) is -0.401. The highest BCUT2D eigenvalue weighted by atomic mass is 79.9. The summed E-state index contributed by atoms with van der Waals surface area (Å²) in [6, 6.07) is 15.4. The summed E-state index contributed by atoms with van der Waals surface area (Å²) in [4.78, 5) is 22.2. The second-order valence-corrected chi connectivity index (χ2v) is 8.64. The zero-order valence-electron chi connectivity index (χ0n) is 15.5. The summed E-state index contributed by atoms with van der Waals surface area (Å²) < 4.78 is 30.7. The van der Waals surface area contributed by atoms with Gasteiger partial charge < -0.3 is 9.50 Å². The van der Waals surface area contributed by atoms with Crippen LogP contribution in [0, 0.1) is 17.0 Å². The summed E-state index contributed by atoms with van der Waals surface area (Å²) in [6.45, 7) is 1.90. The molecule has 0 bridgehead atoms. The van der Waals surface area contributed by atoms with E-state index in [9.17, 15) is 23.3 Å². The molecule has 3 rings (SSSR count). The Morgan fingerprint density at radius 3 is 2.40 bits per heavy atom. The predicted molar refractivity (Wildman–Crippen MR) is 114 cm³/mol. The van der Waals surface area contributed by atoms with Crippen LogP contribution in [0.5, 0.6) is 5.75 Å². The van der Waals surface area contributed by atoms with Gasteiger partial charge >= 0.3 is 10.1 Å². The van der Waals surface area contributed by atoms with Crippen LogP contribution in [0.2, 0.25) is 0 Å². The van der Waals surface area contributed by atoms with Crippen molar-refractivity contribution >= 4 is 43.3 Å². The summed E-state index contributed by atoms with van der Waals surface area (Å²) in [5.41, 5.74) is 1.52. The maximum absolute atomic E-state index is 12.4. The minimum Gasteiger partial charge on any atom is -0.379 e. The molecule has 0 aromatic heterocycles. The summed E-state index contributed by atoms with van der Waals surface area (Å²) in [7, 11) is -4.27. The van der Waals surface area contributed by atoms with Gasteiger partial charge in [-0.15, -0.1) is 0 Å². The van der Waals surface area contributed by atoms with Crippen LogP contribution in [0.4, 0.5) is 11.4 Å². The Balaban J connectivity index is 1.73. The van der Waals surface area contributed by atoms with Crippen LogP contribution in [0.1, 0.15) is 15.9 Å². The van der Waals surface area contributed by atoms with Crippen molar-refractivity contribution < 1.29 is 22.3 Å². The third-order valence-electron chi connectivity index (χ3n) is 4.06. The van der Waals surface area contributed by atoms with Crippen LogP contribution in [-0.4, -0.2) is 19.2 Å². The lowest BCUT2D eigenvalue weighted by Crippen LogP contribution is -2.13. The molecule has 3 aromatic rings. The molecule has 0 aliphatic heterocycles. The van der Waals surface area contributed by atoms with E-state index in [4.69, 9.17) is 4.18 Å². The fraction of sp³-hybridized carbons (Fsp3) is 0.0500. The van der Waals surface area contributed by atoms with E-state index in [-0.39, 0.29) is 22.2 Å². The Bertz CT molecular complexity index is 1230. The van der Waals surface area contributed by atoms with Crippen molar-refractivity contribution in [3.05, 3.63) is 92.4 Å². The molecule has 0 saturated heterocycles. The summed E-state index contributed by atoms with van der Waals surface area (Å²) in [6.07, 6.45) is 0. The van der Waals surface area contributed by atoms with Gasteiger partial charge in [0.1, 0.15) is 10.6 Å². The smallest absolute Gasteiger partial charge is 0.339 e. The Labute approximate surface area is 180 Å². The fourth-order valence-electron chi connectivity index (χ4n) is 2.51. The van der Waals surface area contributed by atoms with Gasteiger partial charge in [0.15, 0.2) is 0 Å². The first kappa shape index (κ1) is 21.5. The van der Waals surface area contributed by atoms with Gasteiger partial charge in [-0.3, -0.25) is 14.9 Å². The predicted octanol–water partition coefficient (Wildman–Crippen LogP) is 4.69. The van der Waals surface area contributed by atoms with Crippen molar-refractivity contribution in [3.63, 3.8) is 0 Å². The number of benzene rings is 3. The number of carbonyl (C=O) groups is 1. The normalized spacial score (nSPS) is 11.0. The lowest BCUT2D eigenvalue weighted by atomic mass is 10.2. The number of carbonyl (C=O) groups excluding carboxylic acids is 1. The number of nitro groups is 1. The van der Waals surface area contributed by atoms with E-state index in [1.54, 1.807) is 6.07 Å². The second-order valence-electron chi connectivity index (χ2n) is 6.23. The summed E-state index contributed by atoms with van der Waals surface area (Å²) in [5, 5.41) is 13.6. The Hall–Kier alpha value is -3.24. The van der Waals surface area contributed by atoms with Crippen molar-refractivity contribution in [2.45, 2.75) is 11.8 Å². The largest absolute Gasteiger partial charge is 0.379 e. The standard InChI is InChI=1S/C20H15BrN2O6S/c1-13-11-15(7-10-19(13)21)22-20(24)14-5-8-17(9-6-14)29-30(27,28)18-4-2-3-16(12-18)23(25)26/h2-12H,1H3,(H,22,24). The Morgan fingerprint density at radius 2 is 1.77 bits per heavy atom. The van der Waals surface area contributed by atoms with E-state index in [0.29, 0.717) is 11.3 Å². The highest BCUT2D eigenvalue weighted by Gasteiger charge is 2.20. The van der Waals surface area contributed by atoms with E-state index in [2.05, 4.69) is 21.2 Å². The van der Waals surface area contributed by atoms with E-state index in [1.165, 1.54) is 42.5 Å². The van der Waals surface area contributed by atoms with Gasteiger partial charge in [-0.1, -0.05) is 22.0 Å². The number of hydrogen-bond acceptors (Lipinski definition) is 6. The minimum atomic E-state index is -4.27. The number of hydrogen-bond donors (Lipinski definition) is 1. The van der Waals surface area contributed by atoms with Crippen LogP contribution < -0.4 is 9.50 Å². The number of aryl methyl sites for hydroxylation is 1. The SMILES string of the molecule is Cc1cc(NC(=O)c2ccc(OS(=O)(=O)c3cccc([N+](=O)[O-])c3)cc2)ccc1Br. The quantitative estimate of drug-likeness (QED) is 0.304. The van der Waals surface area contributed by atoms with Crippen LogP contribution in [0.3, 0.4) is 0 Å².